The fourth-order valence-corrected chi connectivity index (χ4v) is 2.93. The summed E-state index contributed by atoms with van der Waals surface area (Å²) in [5, 5.41) is 11.0. The van der Waals surface area contributed by atoms with Crippen molar-refractivity contribution in [1.29, 1.82) is 0 Å². The summed E-state index contributed by atoms with van der Waals surface area (Å²) in [6, 6.07) is 22.2. The second kappa shape index (κ2) is 5.73. The van der Waals surface area contributed by atoms with E-state index in [0.29, 0.717) is 10.0 Å². The zero-order valence-electron chi connectivity index (χ0n) is 12.1. The van der Waals surface area contributed by atoms with Crippen LogP contribution in [0.3, 0.4) is 0 Å². The first kappa shape index (κ1) is 14.3. The van der Waals surface area contributed by atoms with Gasteiger partial charge < -0.3 is 0 Å². The molecule has 0 spiro atoms. The fourth-order valence-electron chi connectivity index (χ4n) is 2.63. The predicted octanol–water partition coefficient (Wildman–Crippen LogP) is 6.20. The molecule has 4 rings (SSSR count). The number of aromatic nitrogens is 2. The third kappa shape index (κ3) is 2.72. The first-order valence-corrected chi connectivity index (χ1v) is 7.96. The summed E-state index contributed by atoms with van der Waals surface area (Å²) >= 11 is 12.0. The van der Waals surface area contributed by atoms with E-state index in [0.717, 1.165) is 22.5 Å². The smallest absolute Gasteiger partial charge is 0.0927 e. The quantitative estimate of drug-likeness (QED) is 0.462. The third-order valence-corrected chi connectivity index (χ3v) is 4.59. The van der Waals surface area contributed by atoms with Crippen molar-refractivity contribution < 1.29 is 0 Å². The van der Waals surface area contributed by atoms with Crippen molar-refractivity contribution in [2.24, 2.45) is 0 Å². The summed E-state index contributed by atoms with van der Waals surface area (Å²) in [6.45, 7) is 0. The van der Waals surface area contributed by atoms with Gasteiger partial charge in [0.15, 0.2) is 0 Å². The lowest BCUT2D eigenvalue weighted by atomic mass is 10.0. The van der Waals surface area contributed by atoms with Gasteiger partial charge in [-0.3, -0.25) is 5.10 Å². The van der Waals surface area contributed by atoms with Crippen LogP contribution in [0.4, 0.5) is 0 Å². The fraction of sp³-hybridized carbons (Fsp3) is 0. The standard InChI is InChI=1S/C19H12Cl2N2/c20-16-8-7-15(10-17(16)21)19-11-18(22-23-19)14-6-5-12-3-1-2-4-13(12)9-14/h1-11H,(H,22,23). The Morgan fingerprint density at radius 1 is 0.696 bits per heavy atom. The molecule has 23 heavy (non-hydrogen) atoms. The number of halogens is 2. The number of H-pyrrole nitrogens is 1. The maximum atomic E-state index is 6.08. The molecule has 0 bridgehead atoms. The lowest BCUT2D eigenvalue weighted by Gasteiger charge is -2.01. The highest BCUT2D eigenvalue weighted by molar-refractivity contribution is 6.42. The average molecular weight is 339 g/mol. The Morgan fingerprint density at radius 2 is 1.48 bits per heavy atom. The molecule has 0 aliphatic heterocycles. The van der Waals surface area contributed by atoms with E-state index in [4.69, 9.17) is 23.2 Å². The van der Waals surface area contributed by atoms with Gasteiger partial charge in [-0.25, -0.2) is 0 Å². The summed E-state index contributed by atoms with van der Waals surface area (Å²) in [5.74, 6) is 0. The summed E-state index contributed by atoms with van der Waals surface area (Å²) in [6.07, 6.45) is 0. The van der Waals surface area contributed by atoms with E-state index in [1.165, 1.54) is 10.8 Å². The predicted molar refractivity (Wildman–Crippen MR) is 97.0 cm³/mol. The van der Waals surface area contributed by atoms with Crippen LogP contribution in [0.1, 0.15) is 0 Å². The molecule has 0 aliphatic carbocycles. The van der Waals surface area contributed by atoms with E-state index in [1.807, 2.05) is 30.3 Å². The van der Waals surface area contributed by atoms with Gasteiger partial charge in [-0.1, -0.05) is 65.7 Å². The molecule has 1 heterocycles. The maximum Gasteiger partial charge on any atom is 0.0927 e. The number of nitrogens with one attached hydrogen (secondary N) is 1. The van der Waals surface area contributed by atoms with Crippen LogP contribution >= 0.6 is 23.2 Å². The molecule has 0 saturated carbocycles. The van der Waals surface area contributed by atoms with Crippen LogP contribution in [0.5, 0.6) is 0 Å². The summed E-state index contributed by atoms with van der Waals surface area (Å²) in [7, 11) is 0. The van der Waals surface area contributed by atoms with Gasteiger partial charge in [0, 0.05) is 11.1 Å². The van der Waals surface area contributed by atoms with Gasteiger partial charge in [0.2, 0.25) is 0 Å². The van der Waals surface area contributed by atoms with Gasteiger partial charge >= 0.3 is 0 Å². The van der Waals surface area contributed by atoms with Gasteiger partial charge in [0.25, 0.3) is 0 Å². The molecule has 0 saturated heterocycles. The first-order chi connectivity index (χ1) is 11.2. The Labute approximate surface area is 143 Å². The van der Waals surface area contributed by atoms with Gasteiger partial charge in [-0.05, 0) is 35.0 Å². The van der Waals surface area contributed by atoms with Gasteiger partial charge in [0.1, 0.15) is 0 Å². The Morgan fingerprint density at radius 3 is 2.30 bits per heavy atom. The SMILES string of the molecule is Clc1ccc(-c2cc(-c3ccc4ccccc4c3)[nH]n2)cc1Cl. The van der Waals surface area contributed by atoms with Crippen molar-refractivity contribution >= 4 is 34.0 Å². The lowest BCUT2D eigenvalue weighted by Crippen LogP contribution is -1.79. The molecule has 2 nitrogen and oxygen atoms in total. The van der Waals surface area contributed by atoms with Crippen LogP contribution in [-0.2, 0) is 0 Å². The van der Waals surface area contributed by atoms with E-state index in [1.54, 1.807) is 6.07 Å². The maximum absolute atomic E-state index is 6.08. The van der Waals surface area contributed by atoms with Crippen LogP contribution in [-0.4, -0.2) is 10.2 Å². The molecule has 3 aromatic carbocycles. The lowest BCUT2D eigenvalue weighted by molar-refractivity contribution is 1.10. The van der Waals surface area contributed by atoms with Crippen molar-refractivity contribution in [3.63, 3.8) is 0 Å². The molecule has 0 radical (unpaired) electrons. The van der Waals surface area contributed by atoms with Crippen molar-refractivity contribution in [2.75, 3.05) is 0 Å². The van der Waals surface area contributed by atoms with E-state index >= 15 is 0 Å². The minimum absolute atomic E-state index is 0.527. The molecule has 0 aliphatic rings. The van der Waals surface area contributed by atoms with Crippen molar-refractivity contribution in [3.05, 3.63) is 76.8 Å². The Bertz CT molecular complexity index is 1010. The van der Waals surface area contributed by atoms with Crippen LogP contribution in [0.15, 0.2) is 66.7 Å². The molecular formula is C19H12Cl2N2. The Hall–Kier alpha value is -2.29. The van der Waals surface area contributed by atoms with Crippen LogP contribution in [0.25, 0.3) is 33.3 Å². The molecule has 4 aromatic rings. The second-order valence-electron chi connectivity index (χ2n) is 5.36. The van der Waals surface area contributed by atoms with Crippen molar-refractivity contribution in [3.8, 4) is 22.5 Å². The topological polar surface area (TPSA) is 28.7 Å². The summed E-state index contributed by atoms with van der Waals surface area (Å²) in [4.78, 5) is 0. The highest BCUT2D eigenvalue weighted by Crippen LogP contribution is 2.30. The van der Waals surface area contributed by atoms with Gasteiger partial charge in [-0.15, -0.1) is 0 Å². The zero-order valence-corrected chi connectivity index (χ0v) is 13.6. The summed E-state index contributed by atoms with van der Waals surface area (Å²) < 4.78 is 0. The molecule has 0 amide bonds. The summed E-state index contributed by atoms with van der Waals surface area (Å²) in [5.41, 5.74) is 3.84. The van der Waals surface area contributed by atoms with Crippen LogP contribution in [0.2, 0.25) is 10.0 Å². The Balaban J connectivity index is 1.75. The van der Waals surface area contributed by atoms with Crippen molar-refractivity contribution in [1.82, 2.24) is 10.2 Å². The molecule has 4 heteroatoms. The normalized spacial score (nSPS) is 11.0. The number of nitrogens with zero attached hydrogens (tertiary/aromatic N) is 1. The molecule has 0 unspecified atom stereocenters. The molecular weight excluding hydrogens is 327 g/mol. The van der Waals surface area contributed by atoms with E-state index in [9.17, 15) is 0 Å². The first-order valence-electron chi connectivity index (χ1n) is 7.21. The number of hydrogen-bond acceptors (Lipinski definition) is 1. The van der Waals surface area contributed by atoms with Gasteiger partial charge in [-0.2, -0.15) is 5.10 Å². The van der Waals surface area contributed by atoms with Crippen LogP contribution < -0.4 is 0 Å². The highest BCUT2D eigenvalue weighted by Gasteiger charge is 2.08. The van der Waals surface area contributed by atoms with E-state index < -0.39 is 0 Å². The highest BCUT2D eigenvalue weighted by atomic mass is 35.5. The molecule has 112 valence electrons. The number of hydrogen-bond donors (Lipinski definition) is 1. The van der Waals surface area contributed by atoms with E-state index in [-0.39, 0.29) is 0 Å². The largest absolute Gasteiger partial charge is 0.277 e. The number of rotatable bonds is 2. The molecule has 0 atom stereocenters. The molecule has 1 aromatic heterocycles. The van der Waals surface area contributed by atoms with E-state index in [2.05, 4.69) is 40.5 Å². The van der Waals surface area contributed by atoms with Crippen molar-refractivity contribution in [2.45, 2.75) is 0 Å². The molecule has 0 fully saturated rings. The third-order valence-electron chi connectivity index (χ3n) is 3.85. The minimum atomic E-state index is 0.527. The molecule has 1 N–H and O–H groups in total. The second-order valence-corrected chi connectivity index (χ2v) is 6.17. The van der Waals surface area contributed by atoms with Crippen LogP contribution in [0, 0.1) is 0 Å². The number of fused-ring (bicyclic) bond motifs is 1. The number of benzene rings is 3. The number of aromatic amines is 1. The Kier molecular flexibility index (Phi) is 3.56. The monoisotopic (exact) mass is 338 g/mol. The minimum Gasteiger partial charge on any atom is -0.277 e. The van der Waals surface area contributed by atoms with Gasteiger partial charge in [0.05, 0.1) is 21.4 Å². The zero-order chi connectivity index (χ0) is 15.8. The average Bonchev–Trinajstić information content (AvgIpc) is 3.07.